The molecule has 1 amide bonds. The Bertz CT molecular complexity index is 1310. The van der Waals surface area contributed by atoms with Gasteiger partial charge in [0.05, 0.1) is 18.4 Å². The van der Waals surface area contributed by atoms with E-state index in [0.29, 0.717) is 0 Å². The van der Waals surface area contributed by atoms with Gasteiger partial charge in [0.1, 0.15) is 6.54 Å². The van der Waals surface area contributed by atoms with Crippen LogP contribution in [0.3, 0.4) is 0 Å². The molecular weight excluding hydrogens is 403 g/mol. The van der Waals surface area contributed by atoms with Crippen molar-refractivity contribution in [2.24, 2.45) is 14.1 Å². The van der Waals surface area contributed by atoms with Crippen molar-refractivity contribution in [1.82, 2.24) is 24.0 Å². The van der Waals surface area contributed by atoms with Gasteiger partial charge in [-0.25, -0.2) is 9.78 Å². The first-order chi connectivity index (χ1) is 14.1. The average molecular weight is 419 g/mol. The fourth-order valence-corrected chi connectivity index (χ4v) is 2.79. The van der Waals surface area contributed by atoms with Gasteiger partial charge < -0.3 is 9.88 Å². The highest BCUT2D eigenvalue weighted by atomic mass is 19.4. The van der Waals surface area contributed by atoms with Crippen molar-refractivity contribution in [3.8, 4) is 11.8 Å². The number of carbonyl (C=O) groups is 1. The Morgan fingerprint density at radius 2 is 1.93 bits per heavy atom. The lowest BCUT2D eigenvalue weighted by molar-refractivity contribution is -0.137. The number of halogens is 3. The maximum absolute atomic E-state index is 12.7. The Morgan fingerprint density at radius 3 is 2.63 bits per heavy atom. The summed E-state index contributed by atoms with van der Waals surface area (Å²) >= 11 is 0. The van der Waals surface area contributed by atoms with Gasteiger partial charge in [0, 0.05) is 19.7 Å². The first kappa shape index (κ1) is 20.9. The number of aryl methyl sites for hydroxylation is 1. The van der Waals surface area contributed by atoms with E-state index < -0.39 is 28.9 Å². The van der Waals surface area contributed by atoms with E-state index in [1.165, 1.54) is 41.7 Å². The molecule has 0 saturated carbocycles. The predicted molar refractivity (Wildman–Crippen MR) is 102 cm³/mol. The summed E-state index contributed by atoms with van der Waals surface area (Å²) in [5, 5.41) is 2.50. The summed E-state index contributed by atoms with van der Waals surface area (Å²) in [6, 6.07) is 4.56. The second kappa shape index (κ2) is 7.90. The van der Waals surface area contributed by atoms with Crippen LogP contribution in [0.1, 0.15) is 11.1 Å². The number of nitrogens with zero attached hydrogens (tertiary/aromatic N) is 4. The maximum Gasteiger partial charge on any atom is 0.416 e. The van der Waals surface area contributed by atoms with Crippen LogP contribution >= 0.6 is 0 Å². The van der Waals surface area contributed by atoms with Crippen molar-refractivity contribution in [3.05, 3.63) is 62.6 Å². The molecule has 0 aliphatic heterocycles. The first-order valence-electron chi connectivity index (χ1n) is 8.63. The van der Waals surface area contributed by atoms with Crippen LogP contribution in [0.2, 0.25) is 0 Å². The predicted octanol–water partition coefficient (Wildman–Crippen LogP) is 0.620. The number of imidazole rings is 1. The van der Waals surface area contributed by atoms with Gasteiger partial charge in [-0.05, 0) is 18.2 Å². The van der Waals surface area contributed by atoms with E-state index >= 15 is 0 Å². The third-order valence-electron chi connectivity index (χ3n) is 4.33. The fraction of sp³-hybridized carbons (Fsp3) is 0.263. The van der Waals surface area contributed by atoms with Crippen LogP contribution in [0.4, 0.5) is 13.2 Å². The van der Waals surface area contributed by atoms with Crippen LogP contribution in [0.5, 0.6) is 0 Å². The third-order valence-corrected chi connectivity index (χ3v) is 4.33. The number of aromatic nitrogens is 4. The lowest BCUT2D eigenvalue weighted by Gasteiger charge is -2.06. The van der Waals surface area contributed by atoms with Crippen molar-refractivity contribution >= 4 is 17.1 Å². The molecule has 3 aromatic rings. The Kier molecular flexibility index (Phi) is 5.51. The second-order valence-electron chi connectivity index (χ2n) is 6.41. The summed E-state index contributed by atoms with van der Waals surface area (Å²) < 4.78 is 41.5. The molecule has 0 radical (unpaired) electrons. The zero-order valence-corrected chi connectivity index (χ0v) is 15.9. The van der Waals surface area contributed by atoms with Crippen molar-refractivity contribution in [2.45, 2.75) is 12.7 Å². The summed E-state index contributed by atoms with van der Waals surface area (Å²) in [7, 11) is 2.79. The minimum absolute atomic E-state index is 0.0990. The second-order valence-corrected chi connectivity index (χ2v) is 6.41. The molecule has 0 saturated heterocycles. The highest BCUT2D eigenvalue weighted by Crippen LogP contribution is 2.29. The monoisotopic (exact) mass is 419 g/mol. The standard InChI is InChI=1S/C19H16F3N5O3/c1-25-16-15(17(29)26(2)18(25)30)27(11-24-16)10-14(28)23-8-4-6-12-5-3-7-13(9-12)19(20,21)22/h3,5,7,9,11H,8,10H2,1-2H3,(H,23,28). The molecule has 30 heavy (non-hydrogen) atoms. The van der Waals surface area contributed by atoms with Crippen LogP contribution in [0, 0.1) is 11.8 Å². The highest BCUT2D eigenvalue weighted by Gasteiger charge is 2.30. The first-order valence-corrected chi connectivity index (χ1v) is 8.63. The molecule has 0 spiro atoms. The number of nitrogens with one attached hydrogen (secondary N) is 1. The van der Waals surface area contributed by atoms with Crippen molar-refractivity contribution in [3.63, 3.8) is 0 Å². The summed E-state index contributed by atoms with van der Waals surface area (Å²) in [5.74, 6) is 4.65. The SMILES string of the molecule is Cn1c(=O)c2c(ncn2CC(=O)NCC#Cc2cccc(C(F)(F)F)c2)n(C)c1=O. The van der Waals surface area contributed by atoms with Gasteiger partial charge in [0.25, 0.3) is 5.56 Å². The van der Waals surface area contributed by atoms with E-state index in [9.17, 15) is 27.6 Å². The Morgan fingerprint density at radius 1 is 1.20 bits per heavy atom. The van der Waals surface area contributed by atoms with Gasteiger partial charge in [0.15, 0.2) is 11.2 Å². The smallest absolute Gasteiger partial charge is 0.344 e. The summed E-state index contributed by atoms with van der Waals surface area (Å²) in [5.41, 5.74) is -1.50. The number of amides is 1. The van der Waals surface area contributed by atoms with Crippen LogP contribution in [-0.2, 0) is 31.6 Å². The lowest BCUT2D eigenvalue weighted by Crippen LogP contribution is -2.38. The number of hydrogen-bond donors (Lipinski definition) is 1. The lowest BCUT2D eigenvalue weighted by atomic mass is 10.1. The van der Waals surface area contributed by atoms with Gasteiger partial charge in [0.2, 0.25) is 5.91 Å². The van der Waals surface area contributed by atoms with Crippen LogP contribution < -0.4 is 16.6 Å². The molecule has 11 heteroatoms. The summed E-state index contributed by atoms with van der Waals surface area (Å²) in [6.07, 6.45) is -3.18. The van der Waals surface area contributed by atoms with Gasteiger partial charge >= 0.3 is 11.9 Å². The van der Waals surface area contributed by atoms with E-state index in [2.05, 4.69) is 22.1 Å². The van der Waals surface area contributed by atoms with Crippen molar-refractivity contribution < 1.29 is 18.0 Å². The van der Waals surface area contributed by atoms with Gasteiger partial charge in [-0.15, -0.1) is 0 Å². The molecule has 0 atom stereocenters. The summed E-state index contributed by atoms with van der Waals surface area (Å²) in [6.45, 7) is -0.340. The van der Waals surface area contributed by atoms with E-state index in [-0.39, 0.29) is 29.8 Å². The molecular formula is C19H16F3N5O3. The Hall–Kier alpha value is -3.81. The average Bonchev–Trinajstić information content (AvgIpc) is 3.11. The molecule has 1 N–H and O–H groups in total. The molecule has 0 unspecified atom stereocenters. The molecule has 2 aromatic heterocycles. The fourth-order valence-electron chi connectivity index (χ4n) is 2.79. The molecule has 8 nitrogen and oxygen atoms in total. The van der Waals surface area contributed by atoms with Gasteiger partial charge in [-0.2, -0.15) is 13.2 Å². The van der Waals surface area contributed by atoms with Gasteiger partial charge in [-0.3, -0.25) is 18.7 Å². The van der Waals surface area contributed by atoms with E-state index in [4.69, 9.17) is 0 Å². The number of rotatable bonds is 3. The molecule has 156 valence electrons. The maximum atomic E-state index is 12.7. The van der Waals surface area contributed by atoms with Gasteiger partial charge in [-0.1, -0.05) is 17.9 Å². The molecule has 2 heterocycles. The molecule has 1 aromatic carbocycles. The highest BCUT2D eigenvalue weighted by molar-refractivity contribution is 5.79. The van der Waals surface area contributed by atoms with Crippen molar-refractivity contribution in [2.75, 3.05) is 6.54 Å². The normalized spacial score (nSPS) is 11.2. The number of alkyl halides is 3. The zero-order valence-electron chi connectivity index (χ0n) is 15.9. The molecule has 3 rings (SSSR count). The number of hydrogen-bond acceptors (Lipinski definition) is 4. The molecule has 0 fully saturated rings. The van der Waals surface area contributed by atoms with Crippen LogP contribution in [0.25, 0.3) is 11.2 Å². The Balaban J connectivity index is 1.69. The third kappa shape index (κ3) is 4.12. The Labute approximate surface area is 167 Å². The quantitative estimate of drug-likeness (QED) is 0.631. The van der Waals surface area contributed by atoms with Crippen LogP contribution in [-0.4, -0.2) is 31.1 Å². The van der Waals surface area contributed by atoms with E-state index in [1.54, 1.807) is 0 Å². The zero-order chi connectivity index (χ0) is 22.1. The minimum Gasteiger partial charge on any atom is -0.344 e. The molecule has 0 aliphatic rings. The van der Waals surface area contributed by atoms with Crippen LogP contribution in [0.15, 0.2) is 40.2 Å². The molecule has 0 bridgehead atoms. The van der Waals surface area contributed by atoms with E-state index in [0.717, 1.165) is 16.7 Å². The topological polar surface area (TPSA) is 90.9 Å². The van der Waals surface area contributed by atoms with E-state index in [1.807, 2.05) is 0 Å². The number of fused-ring (bicyclic) bond motifs is 1. The molecule has 0 aliphatic carbocycles. The number of carbonyl (C=O) groups excluding carboxylic acids is 1. The number of benzene rings is 1. The largest absolute Gasteiger partial charge is 0.416 e. The summed E-state index contributed by atoms with van der Waals surface area (Å²) in [4.78, 5) is 40.4. The van der Waals surface area contributed by atoms with Crippen molar-refractivity contribution in [1.29, 1.82) is 0 Å². The minimum atomic E-state index is -4.46.